The highest BCUT2D eigenvalue weighted by Gasteiger charge is 2.18. The monoisotopic (exact) mass is 351 g/mol. The molecule has 1 heterocycles. The lowest BCUT2D eigenvalue weighted by Gasteiger charge is -2.09. The zero-order valence-corrected chi connectivity index (χ0v) is 15.9. The number of hydrogen-bond acceptors (Lipinski definition) is 1. The highest BCUT2D eigenvalue weighted by molar-refractivity contribution is 5.97. The van der Waals surface area contributed by atoms with Crippen LogP contribution in [0.2, 0.25) is 0 Å². The van der Waals surface area contributed by atoms with Crippen molar-refractivity contribution in [1.82, 2.24) is 5.10 Å². The molecule has 0 unspecified atom stereocenters. The summed E-state index contributed by atoms with van der Waals surface area (Å²) in [5, 5.41) is 8.55. The molecule has 4 aromatic rings. The average molecular weight is 351 g/mol. The summed E-state index contributed by atoms with van der Waals surface area (Å²) in [6.45, 7) is 2.19. The Bertz CT molecular complexity index is 1220. The van der Waals surface area contributed by atoms with Gasteiger partial charge in [0.25, 0.3) is 0 Å². The summed E-state index contributed by atoms with van der Waals surface area (Å²) in [4.78, 5) is 0. The second kappa shape index (κ2) is 6.31. The first-order valence-corrected chi connectivity index (χ1v) is 9.69. The van der Waals surface area contributed by atoms with Crippen LogP contribution in [-0.2, 0) is 7.05 Å². The number of aromatic nitrogens is 2. The molecule has 0 aliphatic heterocycles. The van der Waals surface area contributed by atoms with Gasteiger partial charge in [0.2, 0.25) is 5.69 Å². The van der Waals surface area contributed by atoms with Crippen molar-refractivity contribution in [2.75, 3.05) is 0 Å². The molecule has 132 valence electrons. The van der Waals surface area contributed by atoms with Crippen molar-refractivity contribution in [2.45, 2.75) is 26.2 Å². The number of hydrogen-bond donors (Lipinski definition) is 0. The molecule has 0 saturated carbocycles. The largest absolute Gasteiger partial charge is 0.239 e. The lowest BCUT2D eigenvalue weighted by atomic mass is 9.96. The van der Waals surface area contributed by atoms with Crippen LogP contribution < -0.4 is 4.68 Å². The van der Waals surface area contributed by atoms with Gasteiger partial charge >= 0.3 is 0 Å². The molecular formula is C25H23N2+. The number of aryl methyl sites for hydroxylation is 2. The third kappa shape index (κ3) is 2.82. The fraction of sp³-hybridized carbons (Fsp3) is 0.200. The maximum absolute atomic E-state index is 4.87. The standard InChI is InChI=1S/C25H23N2/c1-17-11-12-21(18-7-3-4-8-18)14-23(17)25-16-22-13-19-9-5-6-10-20(19)15-24(22)26-27(25)2/h5-7,9-16H,3-4,8H2,1-2H3/q+1. The van der Waals surface area contributed by atoms with Crippen LogP contribution in [0.5, 0.6) is 0 Å². The Morgan fingerprint density at radius 2 is 1.70 bits per heavy atom. The van der Waals surface area contributed by atoms with Gasteiger partial charge in [-0.3, -0.25) is 0 Å². The molecule has 0 bridgehead atoms. The Hall–Kier alpha value is -3.00. The SMILES string of the molecule is Cc1ccc(C2=CCCC2)cc1-c1cc2cc3ccccc3cc2n[n+]1C. The van der Waals surface area contributed by atoms with Crippen LogP contribution in [0.4, 0.5) is 0 Å². The molecule has 1 aliphatic rings. The normalized spacial score (nSPS) is 14.1. The molecule has 0 saturated heterocycles. The van der Waals surface area contributed by atoms with Gasteiger partial charge in [0.15, 0.2) is 7.05 Å². The minimum Gasteiger partial charge on any atom is -0.0858 e. The Labute approximate surface area is 159 Å². The molecule has 0 amide bonds. The van der Waals surface area contributed by atoms with E-state index < -0.39 is 0 Å². The molecule has 0 N–H and O–H groups in total. The minimum absolute atomic E-state index is 1.03. The second-order valence-corrected chi connectivity index (χ2v) is 7.56. The molecule has 5 rings (SSSR count). The summed E-state index contributed by atoms with van der Waals surface area (Å²) in [6.07, 6.45) is 6.06. The number of benzene rings is 3. The molecule has 2 nitrogen and oxygen atoms in total. The summed E-state index contributed by atoms with van der Waals surface area (Å²) < 4.78 is 2.02. The lowest BCUT2D eigenvalue weighted by molar-refractivity contribution is -0.717. The Balaban J connectivity index is 1.71. The van der Waals surface area contributed by atoms with Crippen molar-refractivity contribution in [3.63, 3.8) is 0 Å². The molecule has 1 aliphatic carbocycles. The summed E-state index contributed by atoms with van der Waals surface area (Å²) in [7, 11) is 2.05. The first-order valence-electron chi connectivity index (χ1n) is 9.69. The molecule has 0 radical (unpaired) electrons. The van der Waals surface area contributed by atoms with Gasteiger partial charge in [-0.2, -0.15) is 0 Å². The fourth-order valence-corrected chi connectivity index (χ4v) is 4.19. The van der Waals surface area contributed by atoms with E-state index >= 15 is 0 Å². The van der Waals surface area contributed by atoms with Crippen LogP contribution in [0.1, 0.15) is 30.4 Å². The zero-order valence-electron chi connectivity index (χ0n) is 15.9. The molecule has 2 heteroatoms. The smallest absolute Gasteiger partial charge is 0.0858 e. The topological polar surface area (TPSA) is 16.8 Å². The molecule has 0 fully saturated rings. The van der Waals surface area contributed by atoms with Crippen molar-refractivity contribution < 1.29 is 4.68 Å². The lowest BCUT2D eigenvalue weighted by Crippen LogP contribution is -2.35. The Morgan fingerprint density at radius 3 is 2.48 bits per heavy atom. The van der Waals surface area contributed by atoms with Gasteiger partial charge in [0.1, 0.15) is 5.52 Å². The third-order valence-electron chi connectivity index (χ3n) is 5.72. The van der Waals surface area contributed by atoms with E-state index in [0.717, 1.165) is 11.2 Å². The first-order chi connectivity index (χ1) is 13.2. The summed E-state index contributed by atoms with van der Waals surface area (Å²) >= 11 is 0. The maximum Gasteiger partial charge on any atom is 0.239 e. The predicted octanol–water partition coefficient (Wildman–Crippen LogP) is 5.76. The maximum atomic E-state index is 4.87. The number of rotatable bonds is 2. The van der Waals surface area contributed by atoms with E-state index in [1.54, 1.807) is 0 Å². The Morgan fingerprint density at radius 1 is 0.889 bits per heavy atom. The molecule has 0 atom stereocenters. The van der Waals surface area contributed by atoms with Crippen LogP contribution in [0.3, 0.4) is 0 Å². The zero-order chi connectivity index (χ0) is 18.4. The summed E-state index contributed by atoms with van der Waals surface area (Å²) in [5.74, 6) is 0. The highest BCUT2D eigenvalue weighted by atomic mass is 15.2. The fourth-order valence-electron chi connectivity index (χ4n) is 4.19. The van der Waals surface area contributed by atoms with Gasteiger partial charge in [-0.25, -0.2) is 0 Å². The second-order valence-electron chi connectivity index (χ2n) is 7.56. The summed E-state index contributed by atoms with van der Waals surface area (Å²) in [6, 6.07) is 22.0. The van der Waals surface area contributed by atoms with Crippen LogP contribution in [0, 0.1) is 6.92 Å². The molecule has 27 heavy (non-hydrogen) atoms. The number of allylic oxidation sites excluding steroid dienone is 2. The van der Waals surface area contributed by atoms with Crippen LogP contribution >= 0.6 is 0 Å². The van der Waals surface area contributed by atoms with E-state index in [1.807, 2.05) is 11.7 Å². The van der Waals surface area contributed by atoms with Crippen LogP contribution in [-0.4, -0.2) is 5.10 Å². The minimum atomic E-state index is 1.03. The Kier molecular flexibility index (Phi) is 3.78. The van der Waals surface area contributed by atoms with E-state index in [-0.39, 0.29) is 0 Å². The molecule has 1 aromatic heterocycles. The molecule has 3 aromatic carbocycles. The van der Waals surface area contributed by atoms with Gasteiger partial charge < -0.3 is 0 Å². The van der Waals surface area contributed by atoms with Crippen molar-refractivity contribution in [2.24, 2.45) is 7.05 Å². The van der Waals surface area contributed by atoms with E-state index in [9.17, 15) is 0 Å². The van der Waals surface area contributed by atoms with Crippen molar-refractivity contribution in [3.8, 4) is 11.3 Å². The van der Waals surface area contributed by atoms with Gasteiger partial charge in [-0.15, -0.1) is 0 Å². The molecule has 0 spiro atoms. The average Bonchev–Trinajstić information content (AvgIpc) is 3.21. The number of nitrogens with zero attached hydrogens (tertiary/aromatic N) is 2. The third-order valence-corrected chi connectivity index (χ3v) is 5.72. The van der Waals surface area contributed by atoms with Gasteiger partial charge in [-0.05, 0) is 71.9 Å². The van der Waals surface area contributed by atoms with E-state index in [4.69, 9.17) is 5.10 Å². The first kappa shape index (κ1) is 16.2. The van der Waals surface area contributed by atoms with Gasteiger partial charge in [0, 0.05) is 16.6 Å². The quantitative estimate of drug-likeness (QED) is 0.332. The van der Waals surface area contributed by atoms with Crippen LogP contribution in [0.15, 0.2) is 66.7 Å². The van der Waals surface area contributed by atoms with Crippen molar-refractivity contribution in [3.05, 3.63) is 77.9 Å². The van der Waals surface area contributed by atoms with Gasteiger partial charge in [-0.1, -0.05) is 47.2 Å². The van der Waals surface area contributed by atoms with Gasteiger partial charge in [0.05, 0.1) is 5.56 Å². The van der Waals surface area contributed by atoms with Crippen LogP contribution in [0.25, 0.3) is 38.5 Å². The molecular weight excluding hydrogens is 328 g/mol. The predicted molar refractivity (Wildman–Crippen MR) is 112 cm³/mol. The van der Waals surface area contributed by atoms with E-state index in [0.29, 0.717) is 0 Å². The highest BCUT2D eigenvalue weighted by Crippen LogP contribution is 2.32. The summed E-state index contributed by atoms with van der Waals surface area (Å²) in [5.41, 5.74) is 7.59. The van der Waals surface area contributed by atoms with E-state index in [2.05, 4.69) is 73.7 Å². The van der Waals surface area contributed by atoms with Crippen molar-refractivity contribution in [1.29, 1.82) is 0 Å². The number of fused-ring (bicyclic) bond motifs is 2. The van der Waals surface area contributed by atoms with E-state index in [1.165, 1.54) is 57.7 Å². The van der Waals surface area contributed by atoms with Crippen molar-refractivity contribution >= 4 is 27.2 Å².